The molecule has 2 nitrogen and oxygen atoms in total. The lowest BCUT2D eigenvalue weighted by atomic mass is 10.0. The summed E-state index contributed by atoms with van der Waals surface area (Å²) in [7, 11) is 0. The fourth-order valence-corrected chi connectivity index (χ4v) is 2.55. The molecule has 0 saturated carbocycles. The molecule has 2 aromatic rings. The molecule has 0 aromatic heterocycles. The Morgan fingerprint density at radius 2 is 1.76 bits per heavy atom. The Morgan fingerprint density at radius 3 is 2.52 bits per heavy atom. The van der Waals surface area contributed by atoms with Gasteiger partial charge in [0.05, 0.1) is 18.6 Å². The average molecular weight is 307 g/mol. The fraction of sp³-hybridized carbons (Fsp3) is 0.294. The summed E-state index contributed by atoms with van der Waals surface area (Å²) in [5, 5.41) is -0.421. The van der Waals surface area contributed by atoms with Crippen molar-refractivity contribution in [1.82, 2.24) is 0 Å². The van der Waals surface area contributed by atoms with Gasteiger partial charge in [0.2, 0.25) is 0 Å². The zero-order valence-electron chi connectivity index (χ0n) is 11.7. The van der Waals surface area contributed by atoms with Gasteiger partial charge in [-0.1, -0.05) is 25.1 Å². The van der Waals surface area contributed by atoms with E-state index in [2.05, 4.69) is 6.92 Å². The minimum absolute atomic E-state index is 0.290. The summed E-state index contributed by atoms with van der Waals surface area (Å²) in [4.78, 5) is 0. The van der Waals surface area contributed by atoms with Crippen LogP contribution >= 0.6 is 11.6 Å². The van der Waals surface area contributed by atoms with Crippen LogP contribution < -0.4 is 9.47 Å². The fourth-order valence-electron chi connectivity index (χ4n) is 2.28. The Balaban J connectivity index is 1.90. The van der Waals surface area contributed by atoms with E-state index in [0.29, 0.717) is 24.9 Å². The second-order valence-corrected chi connectivity index (χ2v) is 5.79. The van der Waals surface area contributed by atoms with Gasteiger partial charge >= 0.3 is 0 Å². The Kier molecular flexibility index (Phi) is 4.02. The highest BCUT2D eigenvalue weighted by molar-refractivity contribution is 6.22. The van der Waals surface area contributed by atoms with Crippen LogP contribution in [-0.4, -0.2) is 13.2 Å². The second kappa shape index (κ2) is 5.94. The smallest absolute Gasteiger partial charge is 0.161 e. The standard InChI is InChI=1S/C17H16ClFO2/c1-11-9-20-15-6-5-13(8-16(15)21-10-11)17(18)12-3-2-4-14(19)7-12/h2-8,11,17H,9-10H2,1H3. The van der Waals surface area contributed by atoms with Crippen molar-refractivity contribution in [1.29, 1.82) is 0 Å². The Bertz CT molecular complexity index is 644. The Hall–Kier alpha value is -1.74. The number of fused-ring (bicyclic) bond motifs is 1. The molecule has 1 aliphatic rings. The number of benzene rings is 2. The third-order valence-corrected chi connectivity index (χ3v) is 3.95. The molecule has 0 fully saturated rings. The number of ether oxygens (including phenoxy) is 2. The maximum Gasteiger partial charge on any atom is 0.161 e. The van der Waals surface area contributed by atoms with Crippen molar-refractivity contribution in [3.8, 4) is 11.5 Å². The molecule has 1 aliphatic heterocycles. The molecule has 0 saturated heterocycles. The lowest BCUT2D eigenvalue weighted by Gasteiger charge is -2.13. The van der Waals surface area contributed by atoms with Crippen molar-refractivity contribution in [3.05, 3.63) is 59.4 Å². The predicted molar refractivity (Wildman–Crippen MR) is 80.7 cm³/mol. The van der Waals surface area contributed by atoms with Gasteiger partial charge in [0.1, 0.15) is 5.82 Å². The quantitative estimate of drug-likeness (QED) is 0.757. The molecule has 2 unspecified atom stereocenters. The monoisotopic (exact) mass is 306 g/mol. The molecule has 2 aromatic carbocycles. The summed E-state index contributed by atoms with van der Waals surface area (Å²) >= 11 is 6.45. The molecular formula is C17H16ClFO2. The van der Waals surface area contributed by atoms with E-state index in [-0.39, 0.29) is 5.82 Å². The lowest BCUT2D eigenvalue weighted by molar-refractivity contribution is 0.228. The van der Waals surface area contributed by atoms with Crippen LogP contribution in [0, 0.1) is 11.7 Å². The molecule has 0 radical (unpaired) electrons. The molecule has 0 amide bonds. The minimum Gasteiger partial charge on any atom is -0.489 e. The highest BCUT2D eigenvalue weighted by Gasteiger charge is 2.18. The van der Waals surface area contributed by atoms with E-state index in [1.165, 1.54) is 12.1 Å². The summed E-state index contributed by atoms with van der Waals surface area (Å²) in [6.07, 6.45) is 0. The number of alkyl halides is 1. The van der Waals surface area contributed by atoms with Crippen LogP contribution in [0.2, 0.25) is 0 Å². The molecule has 3 rings (SSSR count). The van der Waals surface area contributed by atoms with Crippen LogP contribution in [0.4, 0.5) is 4.39 Å². The van der Waals surface area contributed by atoms with E-state index in [9.17, 15) is 4.39 Å². The van der Waals surface area contributed by atoms with E-state index in [0.717, 1.165) is 16.9 Å². The van der Waals surface area contributed by atoms with Gasteiger partial charge in [0.15, 0.2) is 11.5 Å². The third-order valence-electron chi connectivity index (χ3n) is 3.45. The van der Waals surface area contributed by atoms with Gasteiger partial charge in [-0.05, 0) is 35.4 Å². The van der Waals surface area contributed by atoms with E-state index in [1.807, 2.05) is 24.3 Å². The number of hydrogen-bond acceptors (Lipinski definition) is 2. The van der Waals surface area contributed by atoms with Crippen LogP contribution in [0.3, 0.4) is 0 Å². The van der Waals surface area contributed by atoms with Gasteiger partial charge in [0, 0.05) is 5.92 Å². The third kappa shape index (κ3) is 3.13. The lowest BCUT2D eigenvalue weighted by Crippen LogP contribution is -2.12. The van der Waals surface area contributed by atoms with Crippen molar-refractivity contribution in [3.63, 3.8) is 0 Å². The summed E-state index contributed by atoms with van der Waals surface area (Å²) in [6.45, 7) is 3.33. The highest BCUT2D eigenvalue weighted by Crippen LogP contribution is 2.37. The summed E-state index contributed by atoms with van der Waals surface area (Å²) < 4.78 is 24.8. The molecule has 110 valence electrons. The number of halogens is 2. The summed E-state index contributed by atoms with van der Waals surface area (Å²) in [5.41, 5.74) is 1.58. The van der Waals surface area contributed by atoms with Crippen molar-refractivity contribution in [2.75, 3.05) is 13.2 Å². The first-order valence-electron chi connectivity index (χ1n) is 6.92. The first kappa shape index (κ1) is 14.2. The first-order chi connectivity index (χ1) is 10.1. The normalized spacial score (nSPS) is 18.9. The summed E-state index contributed by atoms with van der Waals surface area (Å²) in [5.74, 6) is 1.47. The molecule has 2 atom stereocenters. The highest BCUT2D eigenvalue weighted by atomic mass is 35.5. The molecule has 0 N–H and O–H groups in total. The topological polar surface area (TPSA) is 18.5 Å². The molecule has 0 bridgehead atoms. The molecule has 0 aliphatic carbocycles. The summed E-state index contributed by atoms with van der Waals surface area (Å²) in [6, 6.07) is 11.9. The SMILES string of the molecule is CC1COc2ccc(C(Cl)c3cccc(F)c3)cc2OC1. The van der Waals surface area contributed by atoms with E-state index in [1.54, 1.807) is 6.07 Å². The van der Waals surface area contributed by atoms with E-state index < -0.39 is 5.38 Å². The van der Waals surface area contributed by atoms with E-state index >= 15 is 0 Å². The second-order valence-electron chi connectivity index (χ2n) is 5.35. The number of rotatable bonds is 2. The predicted octanol–water partition coefficient (Wildman–Crippen LogP) is 4.56. The van der Waals surface area contributed by atoms with Gasteiger partial charge < -0.3 is 9.47 Å². The van der Waals surface area contributed by atoms with Gasteiger partial charge in [-0.15, -0.1) is 11.6 Å². The van der Waals surface area contributed by atoms with Crippen LogP contribution in [0.25, 0.3) is 0 Å². The van der Waals surface area contributed by atoms with Crippen molar-refractivity contribution >= 4 is 11.6 Å². The minimum atomic E-state index is -0.421. The van der Waals surface area contributed by atoms with Crippen LogP contribution in [0.1, 0.15) is 23.4 Å². The Morgan fingerprint density at radius 1 is 1.05 bits per heavy atom. The van der Waals surface area contributed by atoms with Crippen molar-refractivity contribution in [2.45, 2.75) is 12.3 Å². The van der Waals surface area contributed by atoms with Gasteiger partial charge in [-0.3, -0.25) is 0 Å². The van der Waals surface area contributed by atoms with Gasteiger partial charge in [0.25, 0.3) is 0 Å². The Labute approximate surface area is 128 Å². The molecule has 4 heteroatoms. The largest absolute Gasteiger partial charge is 0.489 e. The van der Waals surface area contributed by atoms with E-state index in [4.69, 9.17) is 21.1 Å². The maximum atomic E-state index is 13.3. The van der Waals surface area contributed by atoms with Crippen LogP contribution in [-0.2, 0) is 0 Å². The first-order valence-corrected chi connectivity index (χ1v) is 7.36. The van der Waals surface area contributed by atoms with Crippen molar-refractivity contribution in [2.24, 2.45) is 5.92 Å². The van der Waals surface area contributed by atoms with Crippen LogP contribution in [0.15, 0.2) is 42.5 Å². The molecular weight excluding hydrogens is 291 g/mol. The van der Waals surface area contributed by atoms with Crippen LogP contribution in [0.5, 0.6) is 11.5 Å². The molecule has 1 heterocycles. The molecule has 21 heavy (non-hydrogen) atoms. The van der Waals surface area contributed by atoms with Gasteiger partial charge in [-0.25, -0.2) is 4.39 Å². The van der Waals surface area contributed by atoms with Crippen molar-refractivity contribution < 1.29 is 13.9 Å². The molecule has 0 spiro atoms. The zero-order valence-corrected chi connectivity index (χ0v) is 12.4. The van der Waals surface area contributed by atoms with Gasteiger partial charge in [-0.2, -0.15) is 0 Å². The zero-order chi connectivity index (χ0) is 14.8. The average Bonchev–Trinajstić information content (AvgIpc) is 2.68. The maximum absolute atomic E-state index is 13.3. The number of hydrogen-bond donors (Lipinski definition) is 0.